The fourth-order valence-corrected chi connectivity index (χ4v) is 2.81. The van der Waals surface area contributed by atoms with Gasteiger partial charge in [0.1, 0.15) is 0 Å². The van der Waals surface area contributed by atoms with Gasteiger partial charge in [0.15, 0.2) is 5.84 Å². The maximum Gasteiger partial charge on any atom is 0.266 e. The highest BCUT2D eigenvalue weighted by atomic mass is 32.2. The first-order chi connectivity index (χ1) is 6.59. The molecule has 0 bridgehead atoms. The first kappa shape index (κ1) is 9.01. The smallest absolute Gasteiger partial charge is 0.266 e. The molecule has 1 aliphatic rings. The molecule has 2 rings (SSSR count). The standard InChI is InChI=1S/C8H9N3O2S/c1-11-8(10-9)6-4-2-3-5-7(6)14(11,12)13/h2-5H,9H2,1H3. The van der Waals surface area contributed by atoms with E-state index in [-0.39, 0.29) is 10.7 Å². The summed E-state index contributed by atoms with van der Waals surface area (Å²) in [5, 5.41) is 3.47. The van der Waals surface area contributed by atoms with Gasteiger partial charge in [-0.1, -0.05) is 12.1 Å². The number of benzene rings is 1. The molecular formula is C8H9N3O2S. The van der Waals surface area contributed by atoms with E-state index in [1.165, 1.54) is 7.05 Å². The molecule has 6 heteroatoms. The summed E-state index contributed by atoms with van der Waals surface area (Å²) in [5.41, 5.74) is 0.553. The van der Waals surface area contributed by atoms with Gasteiger partial charge < -0.3 is 5.84 Å². The first-order valence-electron chi connectivity index (χ1n) is 3.95. The predicted molar refractivity (Wildman–Crippen MR) is 52.1 cm³/mol. The lowest BCUT2D eigenvalue weighted by atomic mass is 10.2. The molecule has 1 aliphatic heterocycles. The molecule has 0 fully saturated rings. The number of amidine groups is 1. The Morgan fingerprint density at radius 1 is 1.36 bits per heavy atom. The maximum absolute atomic E-state index is 11.7. The van der Waals surface area contributed by atoms with Crippen molar-refractivity contribution in [1.29, 1.82) is 0 Å². The zero-order valence-electron chi connectivity index (χ0n) is 7.51. The molecule has 0 saturated carbocycles. The minimum atomic E-state index is -3.42. The second-order valence-electron chi connectivity index (χ2n) is 2.92. The third-order valence-electron chi connectivity index (χ3n) is 2.19. The lowest BCUT2D eigenvalue weighted by molar-refractivity contribution is 0.559. The molecule has 0 aromatic heterocycles. The van der Waals surface area contributed by atoms with Crippen LogP contribution >= 0.6 is 0 Å². The van der Waals surface area contributed by atoms with Crippen LogP contribution in [0.25, 0.3) is 0 Å². The van der Waals surface area contributed by atoms with Crippen LogP contribution in [-0.2, 0) is 10.0 Å². The topological polar surface area (TPSA) is 75.8 Å². The van der Waals surface area contributed by atoms with Crippen molar-refractivity contribution in [2.75, 3.05) is 7.05 Å². The van der Waals surface area contributed by atoms with Gasteiger partial charge in [0.2, 0.25) is 0 Å². The SMILES string of the molecule is CN1C(=NN)c2ccccc2S1(=O)=O. The van der Waals surface area contributed by atoms with Gasteiger partial charge in [-0.15, -0.1) is 0 Å². The van der Waals surface area contributed by atoms with Crippen molar-refractivity contribution >= 4 is 15.9 Å². The molecule has 0 radical (unpaired) electrons. The van der Waals surface area contributed by atoms with Crippen molar-refractivity contribution in [3.8, 4) is 0 Å². The van der Waals surface area contributed by atoms with Crippen molar-refractivity contribution in [2.24, 2.45) is 10.9 Å². The summed E-state index contributed by atoms with van der Waals surface area (Å²) in [5.74, 6) is 5.42. The Balaban J connectivity index is 2.82. The molecular weight excluding hydrogens is 202 g/mol. The van der Waals surface area contributed by atoms with E-state index in [0.717, 1.165) is 4.31 Å². The van der Waals surface area contributed by atoms with E-state index in [9.17, 15) is 8.42 Å². The highest BCUT2D eigenvalue weighted by Crippen LogP contribution is 2.28. The van der Waals surface area contributed by atoms with Crippen molar-refractivity contribution in [2.45, 2.75) is 4.90 Å². The molecule has 1 aromatic rings. The number of nitrogens with two attached hydrogens (primary N) is 1. The molecule has 5 nitrogen and oxygen atoms in total. The van der Waals surface area contributed by atoms with E-state index < -0.39 is 10.0 Å². The van der Waals surface area contributed by atoms with Crippen LogP contribution in [0.5, 0.6) is 0 Å². The van der Waals surface area contributed by atoms with Crippen molar-refractivity contribution in [1.82, 2.24) is 4.31 Å². The molecule has 0 amide bonds. The summed E-state index contributed by atoms with van der Waals surface area (Å²) in [6, 6.07) is 6.64. The minimum absolute atomic E-state index is 0.256. The Bertz CT molecular complexity index is 507. The predicted octanol–water partition coefficient (Wildman–Crippen LogP) is -0.0590. The van der Waals surface area contributed by atoms with Gasteiger partial charge in [-0.05, 0) is 12.1 Å². The molecule has 1 aromatic carbocycles. The Labute approximate surface area is 81.9 Å². The van der Waals surface area contributed by atoms with Crippen molar-refractivity contribution in [3.63, 3.8) is 0 Å². The first-order valence-corrected chi connectivity index (χ1v) is 5.39. The van der Waals surface area contributed by atoms with E-state index in [1.807, 2.05) is 0 Å². The van der Waals surface area contributed by atoms with E-state index >= 15 is 0 Å². The summed E-state index contributed by atoms with van der Waals surface area (Å²) in [4.78, 5) is 0.256. The Kier molecular flexibility index (Phi) is 1.75. The van der Waals surface area contributed by atoms with Crippen LogP contribution < -0.4 is 5.84 Å². The minimum Gasteiger partial charge on any atom is -0.321 e. The number of hydrogen-bond donors (Lipinski definition) is 1. The largest absolute Gasteiger partial charge is 0.321 e. The quantitative estimate of drug-likeness (QED) is 0.482. The molecule has 1 heterocycles. The Hall–Kier alpha value is -1.56. The number of rotatable bonds is 0. The molecule has 0 aliphatic carbocycles. The molecule has 14 heavy (non-hydrogen) atoms. The zero-order chi connectivity index (χ0) is 10.3. The van der Waals surface area contributed by atoms with Gasteiger partial charge in [-0.2, -0.15) is 5.10 Å². The molecule has 74 valence electrons. The van der Waals surface area contributed by atoms with E-state index in [4.69, 9.17) is 5.84 Å². The zero-order valence-corrected chi connectivity index (χ0v) is 8.32. The van der Waals surface area contributed by atoms with Crippen LogP contribution in [0.15, 0.2) is 34.3 Å². The summed E-state index contributed by atoms with van der Waals surface area (Å²) < 4.78 is 24.6. The fourth-order valence-electron chi connectivity index (χ4n) is 1.46. The van der Waals surface area contributed by atoms with E-state index in [1.54, 1.807) is 24.3 Å². The molecule has 0 atom stereocenters. The van der Waals surface area contributed by atoms with Gasteiger partial charge in [0.05, 0.1) is 4.90 Å². The van der Waals surface area contributed by atoms with Crippen molar-refractivity contribution in [3.05, 3.63) is 29.8 Å². The molecule has 0 unspecified atom stereocenters. The van der Waals surface area contributed by atoms with E-state index in [0.29, 0.717) is 5.56 Å². The van der Waals surface area contributed by atoms with Crippen LogP contribution in [0.2, 0.25) is 0 Å². The highest BCUT2D eigenvalue weighted by molar-refractivity contribution is 7.90. The normalized spacial score (nSPS) is 21.2. The number of hydrogen-bond acceptors (Lipinski definition) is 4. The fraction of sp³-hybridized carbons (Fsp3) is 0.125. The van der Waals surface area contributed by atoms with Crippen molar-refractivity contribution < 1.29 is 8.42 Å². The summed E-state index contributed by atoms with van der Waals surface area (Å²) in [6.07, 6.45) is 0. The van der Waals surface area contributed by atoms with Crippen LogP contribution in [0.4, 0.5) is 0 Å². The maximum atomic E-state index is 11.7. The van der Waals surface area contributed by atoms with Gasteiger partial charge >= 0.3 is 0 Å². The summed E-state index contributed by atoms with van der Waals surface area (Å²) in [7, 11) is -1.99. The third kappa shape index (κ3) is 0.941. The van der Waals surface area contributed by atoms with Gasteiger partial charge in [-0.25, -0.2) is 8.42 Å². The van der Waals surface area contributed by atoms with Crippen LogP contribution in [0.1, 0.15) is 5.56 Å². The summed E-state index contributed by atoms with van der Waals surface area (Å²) >= 11 is 0. The monoisotopic (exact) mass is 211 g/mol. The Morgan fingerprint density at radius 3 is 2.64 bits per heavy atom. The van der Waals surface area contributed by atoms with Crippen LogP contribution in [0.3, 0.4) is 0 Å². The number of nitrogens with zero attached hydrogens (tertiary/aromatic N) is 2. The number of sulfonamides is 1. The highest BCUT2D eigenvalue weighted by Gasteiger charge is 2.36. The van der Waals surface area contributed by atoms with Gasteiger partial charge in [0, 0.05) is 12.6 Å². The molecule has 0 saturated heterocycles. The van der Waals surface area contributed by atoms with Gasteiger partial charge in [-0.3, -0.25) is 4.31 Å². The lowest BCUT2D eigenvalue weighted by Crippen LogP contribution is -2.26. The third-order valence-corrected chi connectivity index (χ3v) is 3.99. The average Bonchev–Trinajstić information content (AvgIpc) is 2.37. The lowest BCUT2D eigenvalue weighted by Gasteiger charge is -2.08. The second kappa shape index (κ2) is 2.71. The van der Waals surface area contributed by atoms with E-state index in [2.05, 4.69) is 5.10 Å². The van der Waals surface area contributed by atoms with Crippen LogP contribution in [0, 0.1) is 0 Å². The average molecular weight is 211 g/mol. The molecule has 2 N–H and O–H groups in total. The molecule has 0 spiro atoms. The van der Waals surface area contributed by atoms with Gasteiger partial charge in [0.25, 0.3) is 10.0 Å². The number of hydrazone groups is 1. The summed E-state index contributed by atoms with van der Waals surface area (Å²) in [6.45, 7) is 0. The second-order valence-corrected chi connectivity index (χ2v) is 4.86. The van der Waals surface area contributed by atoms with Crippen LogP contribution in [-0.4, -0.2) is 25.6 Å². The Morgan fingerprint density at radius 2 is 2.00 bits per heavy atom. The number of fused-ring (bicyclic) bond motifs is 1.